The number of hydrogen-bond acceptors (Lipinski definition) is 5. The van der Waals surface area contributed by atoms with Crippen molar-refractivity contribution in [1.29, 1.82) is 0 Å². The molecule has 3 rings (SSSR count). The minimum atomic E-state index is -0.537. The lowest BCUT2D eigenvalue weighted by Crippen LogP contribution is -2.45. The van der Waals surface area contributed by atoms with Crippen molar-refractivity contribution in [3.05, 3.63) is 65.7 Å². The number of ketones is 1. The third-order valence-corrected chi connectivity index (χ3v) is 5.61. The van der Waals surface area contributed by atoms with Gasteiger partial charge in [-0.15, -0.1) is 0 Å². The van der Waals surface area contributed by atoms with Crippen LogP contribution in [-0.2, 0) is 17.8 Å². The zero-order valence-electron chi connectivity index (χ0n) is 17.9. The molecule has 0 aliphatic carbocycles. The van der Waals surface area contributed by atoms with E-state index in [2.05, 4.69) is 40.5 Å². The zero-order chi connectivity index (χ0) is 21.2. The molecule has 0 aromatic heterocycles. The van der Waals surface area contributed by atoms with Gasteiger partial charge in [-0.1, -0.05) is 42.5 Å². The summed E-state index contributed by atoms with van der Waals surface area (Å²) in [6.45, 7) is 5.59. The quantitative estimate of drug-likeness (QED) is 0.596. The summed E-state index contributed by atoms with van der Waals surface area (Å²) < 4.78 is 5.71. The summed E-state index contributed by atoms with van der Waals surface area (Å²) in [7, 11) is 0. The molecule has 1 fully saturated rings. The summed E-state index contributed by atoms with van der Waals surface area (Å²) in [5, 5.41) is 13.7. The number of Topliss-reactive ketones (excluding diaryl/α,β-unsaturated/α-hetero) is 1. The van der Waals surface area contributed by atoms with Crippen molar-refractivity contribution in [3.63, 3.8) is 0 Å². The highest BCUT2D eigenvalue weighted by Crippen LogP contribution is 2.15. The van der Waals surface area contributed by atoms with Crippen molar-refractivity contribution in [2.24, 2.45) is 0 Å². The molecule has 162 valence electrons. The van der Waals surface area contributed by atoms with Crippen LogP contribution in [0, 0.1) is 0 Å². The number of ether oxygens (including phenoxy) is 1. The average molecular weight is 411 g/mol. The number of hydrogen-bond donors (Lipinski definition) is 2. The maximum Gasteiger partial charge on any atom is 0.130 e. The molecular weight excluding hydrogens is 376 g/mol. The summed E-state index contributed by atoms with van der Waals surface area (Å²) >= 11 is 0. The maximum absolute atomic E-state index is 11.1. The van der Waals surface area contributed by atoms with E-state index in [-0.39, 0.29) is 12.4 Å². The van der Waals surface area contributed by atoms with Gasteiger partial charge in [0.2, 0.25) is 0 Å². The molecule has 5 heteroatoms. The number of carbonyl (C=O) groups excluding carboxylic acids is 1. The second kappa shape index (κ2) is 11.8. The highest BCUT2D eigenvalue weighted by molar-refractivity contribution is 5.75. The van der Waals surface area contributed by atoms with Crippen molar-refractivity contribution >= 4 is 5.78 Å². The van der Waals surface area contributed by atoms with E-state index in [1.165, 1.54) is 5.56 Å². The van der Waals surface area contributed by atoms with Crippen LogP contribution < -0.4 is 10.1 Å². The predicted octanol–water partition coefficient (Wildman–Crippen LogP) is 3.20. The molecule has 1 atom stereocenters. The first-order valence-corrected chi connectivity index (χ1v) is 11.0. The summed E-state index contributed by atoms with van der Waals surface area (Å²) in [6.07, 6.45) is 2.98. The molecule has 0 amide bonds. The number of likely N-dealkylation sites (tertiary alicyclic amines) is 1. The van der Waals surface area contributed by atoms with Crippen LogP contribution in [0.15, 0.2) is 54.6 Å². The van der Waals surface area contributed by atoms with E-state index < -0.39 is 6.10 Å². The van der Waals surface area contributed by atoms with Crippen LogP contribution in [0.25, 0.3) is 0 Å². The zero-order valence-corrected chi connectivity index (χ0v) is 17.9. The number of nitrogens with one attached hydrogen (secondary N) is 1. The second-order valence-electron chi connectivity index (χ2n) is 8.26. The second-order valence-corrected chi connectivity index (χ2v) is 8.26. The highest BCUT2D eigenvalue weighted by atomic mass is 16.5. The van der Waals surface area contributed by atoms with Gasteiger partial charge in [0.25, 0.3) is 0 Å². The lowest BCUT2D eigenvalue weighted by Gasteiger charge is -2.33. The van der Waals surface area contributed by atoms with Crippen molar-refractivity contribution in [2.45, 2.75) is 51.3 Å². The van der Waals surface area contributed by atoms with Crippen LogP contribution in [0.5, 0.6) is 5.75 Å². The number of aryl methyl sites for hydroxylation is 1. The Kier molecular flexibility index (Phi) is 8.87. The van der Waals surface area contributed by atoms with Crippen LogP contribution in [-0.4, -0.2) is 54.2 Å². The van der Waals surface area contributed by atoms with E-state index in [1.807, 2.05) is 24.3 Å². The number of nitrogens with zero attached hydrogens (tertiary/aromatic N) is 1. The summed E-state index contributed by atoms with van der Waals surface area (Å²) in [6, 6.07) is 18.8. The molecule has 2 N–H and O–H groups in total. The molecule has 30 heavy (non-hydrogen) atoms. The molecule has 0 bridgehead atoms. The normalized spacial score (nSPS) is 16.3. The summed E-state index contributed by atoms with van der Waals surface area (Å²) in [4.78, 5) is 13.6. The Labute approximate surface area is 180 Å². The Morgan fingerprint density at radius 3 is 2.47 bits per heavy atom. The number of piperidine rings is 1. The third kappa shape index (κ3) is 7.90. The lowest BCUT2D eigenvalue weighted by atomic mass is 10.0. The fourth-order valence-electron chi connectivity index (χ4n) is 3.76. The van der Waals surface area contributed by atoms with Gasteiger partial charge in [-0.3, -0.25) is 4.90 Å². The SMILES string of the molecule is CC(=O)CCc1ccc(OCC(O)CNC2CCN(Cc3ccccc3)CC2)cc1. The fourth-order valence-corrected chi connectivity index (χ4v) is 3.76. The van der Waals surface area contributed by atoms with Gasteiger partial charge in [0.15, 0.2) is 0 Å². The van der Waals surface area contributed by atoms with E-state index >= 15 is 0 Å². The number of rotatable bonds is 11. The van der Waals surface area contributed by atoms with Crippen LogP contribution in [0.2, 0.25) is 0 Å². The Morgan fingerprint density at radius 1 is 1.10 bits per heavy atom. The summed E-state index contributed by atoms with van der Waals surface area (Å²) in [5.41, 5.74) is 2.49. The van der Waals surface area contributed by atoms with Crippen molar-refractivity contribution in [3.8, 4) is 5.75 Å². The van der Waals surface area contributed by atoms with Gasteiger partial charge in [-0.25, -0.2) is 0 Å². The van der Waals surface area contributed by atoms with E-state index in [1.54, 1.807) is 6.92 Å². The molecule has 0 spiro atoms. The van der Waals surface area contributed by atoms with Crippen LogP contribution in [0.1, 0.15) is 37.3 Å². The first kappa shape index (κ1) is 22.5. The average Bonchev–Trinajstić information content (AvgIpc) is 2.77. The monoisotopic (exact) mass is 410 g/mol. The third-order valence-electron chi connectivity index (χ3n) is 5.61. The first-order chi connectivity index (χ1) is 14.6. The molecule has 0 saturated carbocycles. The van der Waals surface area contributed by atoms with Gasteiger partial charge < -0.3 is 20.0 Å². The smallest absolute Gasteiger partial charge is 0.130 e. The number of aliphatic hydroxyl groups is 1. The Bertz CT molecular complexity index is 756. The molecule has 2 aromatic carbocycles. The Balaban J connectivity index is 1.29. The van der Waals surface area contributed by atoms with Crippen LogP contribution >= 0.6 is 0 Å². The Morgan fingerprint density at radius 2 is 1.80 bits per heavy atom. The topological polar surface area (TPSA) is 61.8 Å². The van der Waals surface area contributed by atoms with E-state index in [0.717, 1.165) is 50.2 Å². The van der Waals surface area contributed by atoms with Crippen molar-refractivity contribution < 1.29 is 14.6 Å². The Hall–Kier alpha value is -2.21. The van der Waals surface area contributed by atoms with Gasteiger partial charge in [0.1, 0.15) is 24.2 Å². The molecule has 1 unspecified atom stereocenters. The maximum atomic E-state index is 11.1. The highest BCUT2D eigenvalue weighted by Gasteiger charge is 2.19. The molecular formula is C25H34N2O3. The molecule has 1 heterocycles. The largest absolute Gasteiger partial charge is 0.491 e. The minimum Gasteiger partial charge on any atom is -0.491 e. The molecule has 0 radical (unpaired) electrons. The first-order valence-electron chi connectivity index (χ1n) is 11.0. The van der Waals surface area contributed by atoms with E-state index in [4.69, 9.17) is 4.74 Å². The molecule has 1 aliphatic rings. The van der Waals surface area contributed by atoms with Crippen LogP contribution in [0.3, 0.4) is 0 Å². The molecule has 5 nitrogen and oxygen atoms in total. The number of benzene rings is 2. The standard InChI is InChI=1S/C25H34N2O3/c1-20(28)7-8-21-9-11-25(12-10-21)30-19-24(29)17-26-23-13-15-27(16-14-23)18-22-5-3-2-4-6-22/h2-6,9-12,23-24,26,29H,7-8,13-19H2,1H3. The van der Waals surface area contributed by atoms with Crippen LogP contribution in [0.4, 0.5) is 0 Å². The van der Waals surface area contributed by atoms with E-state index in [9.17, 15) is 9.90 Å². The van der Waals surface area contributed by atoms with Gasteiger partial charge in [-0.2, -0.15) is 0 Å². The summed E-state index contributed by atoms with van der Waals surface area (Å²) in [5.74, 6) is 0.947. The van der Waals surface area contributed by atoms with Gasteiger partial charge in [0.05, 0.1) is 0 Å². The van der Waals surface area contributed by atoms with Gasteiger partial charge in [0, 0.05) is 25.6 Å². The lowest BCUT2D eigenvalue weighted by molar-refractivity contribution is -0.116. The molecule has 2 aromatic rings. The number of carbonyl (C=O) groups is 1. The van der Waals surface area contributed by atoms with Crippen molar-refractivity contribution in [2.75, 3.05) is 26.2 Å². The minimum absolute atomic E-state index is 0.202. The van der Waals surface area contributed by atoms with E-state index in [0.29, 0.717) is 19.0 Å². The number of aliphatic hydroxyl groups excluding tert-OH is 1. The predicted molar refractivity (Wildman–Crippen MR) is 120 cm³/mol. The van der Waals surface area contributed by atoms with Gasteiger partial charge >= 0.3 is 0 Å². The van der Waals surface area contributed by atoms with Gasteiger partial charge in [-0.05, 0) is 62.5 Å². The molecule has 1 saturated heterocycles. The fraction of sp³-hybridized carbons (Fsp3) is 0.480. The molecule has 1 aliphatic heterocycles. The van der Waals surface area contributed by atoms with Crippen molar-refractivity contribution in [1.82, 2.24) is 10.2 Å².